The highest BCUT2D eigenvalue weighted by Gasteiger charge is 2.22. The number of aromatic nitrogens is 2. The van der Waals surface area contributed by atoms with Crippen LogP contribution in [0, 0.1) is 0 Å². The lowest BCUT2D eigenvalue weighted by Crippen LogP contribution is -2.34. The van der Waals surface area contributed by atoms with Gasteiger partial charge in [0.05, 0.1) is 18.5 Å². The third-order valence-electron chi connectivity index (χ3n) is 4.24. The Morgan fingerprint density at radius 1 is 1.07 bits per heavy atom. The van der Waals surface area contributed by atoms with E-state index in [1.807, 2.05) is 43.3 Å². The molecule has 1 atom stereocenters. The summed E-state index contributed by atoms with van der Waals surface area (Å²) in [5.74, 6) is 0.237. The van der Waals surface area contributed by atoms with Crippen molar-refractivity contribution in [2.45, 2.75) is 19.4 Å². The van der Waals surface area contributed by atoms with Crippen LogP contribution in [-0.2, 0) is 4.79 Å². The van der Waals surface area contributed by atoms with Gasteiger partial charge in [-0.25, -0.2) is 4.68 Å². The van der Waals surface area contributed by atoms with Gasteiger partial charge in [0.1, 0.15) is 11.8 Å². The van der Waals surface area contributed by atoms with E-state index in [4.69, 9.17) is 4.74 Å². The van der Waals surface area contributed by atoms with Crippen molar-refractivity contribution in [1.82, 2.24) is 9.78 Å². The lowest BCUT2D eigenvalue weighted by molar-refractivity contribution is -0.119. The zero-order valence-corrected chi connectivity index (χ0v) is 15.3. The molecule has 1 N–H and O–H groups in total. The fourth-order valence-electron chi connectivity index (χ4n) is 2.84. The van der Waals surface area contributed by atoms with Crippen LogP contribution in [-0.4, -0.2) is 22.8 Å². The first kappa shape index (κ1) is 18.4. The maximum atomic E-state index is 12.8. The van der Waals surface area contributed by atoms with Crippen molar-refractivity contribution >= 4 is 11.6 Å². The molecular weight excluding hydrogens is 342 g/mol. The number of para-hydroxylation sites is 2. The molecule has 0 bridgehead atoms. The second kappa shape index (κ2) is 8.31. The average Bonchev–Trinajstić information content (AvgIpc) is 2.71. The van der Waals surface area contributed by atoms with E-state index < -0.39 is 6.04 Å². The molecule has 1 heterocycles. The first-order valence-corrected chi connectivity index (χ1v) is 8.73. The van der Waals surface area contributed by atoms with Crippen LogP contribution < -0.4 is 15.6 Å². The molecule has 6 nitrogen and oxygen atoms in total. The highest BCUT2D eigenvalue weighted by Crippen LogP contribution is 2.24. The van der Waals surface area contributed by atoms with Gasteiger partial charge in [0.15, 0.2) is 0 Å². The maximum Gasteiger partial charge on any atom is 0.267 e. The molecule has 3 rings (SSSR count). The van der Waals surface area contributed by atoms with Gasteiger partial charge in [-0.1, -0.05) is 49.4 Å². The molecule has 0 fully saturated rings. The van der Waals surface area contributed by atoms with Gasteiger partial charge in [0, 0.05) is 11.6 Å². The number of nitrogens with one attached hydrogen (secondary N) is 1. The molecule has 6 heteroatoms. The Kier molecular flexibility index (Phi) is 5.66. The van der Waals surface area contributed by atoms with Gasteiger partial charge in [-0.05, 0) is 24.6 Å². The Bertz CT molecular complexity index is 983. The van der Waals surface area contributed by atoms with E-state index in [0.717, 1.165) is 5.56 Å². The molecule has 138 valence electrons. The largest absolute Gasteiger partial charge is 0.495 e. The zero-order chi connectivity index (χ0) is 19.2. The third-order valence-corrected chi connectivity index (χ3v) is 4.24. The molecule has 0 spiro atoms. The highest BCUT2D eigenvalue weighted by molar-refractivity contribution is 5.95. The van der Waals surface area contributed by atoms with Crippen LogP contribution in [0.3, 0.4) is 0 Å². The number of ether oxygens (including phenoxy) is 1. The number of carbonyl (C=O) groups is 1. The second-order valence-corrected chi connectivity index (χ2v) is 5.98. The van der Waals surface area contributed by atoms with E-state index in [-0.39, 0.29) is 11.5 Å². The summed E-state index contributed by atoms with van der Waals surface area (Å²) in [6.45, 7) is 1.84. The SMILES string of the molecule is CC[C@H](C(=O)Nc1ccccc1OC)n1nc(-c2ccccc2)ccc1=O. The lowest BCUT2D eigenvalue weighted by atomic mass is 10.1. The molecule has 0 aliphatic rings. The topological polar surface area (TPSA) is 73.2 Å². The van der Waals surface area contributed by atoms with Gasteiger partial charge in [-0.2, -0.15) is 5.10 Å². The number of carbonyl (C=O) groups excluding carboxylic acids is 1. The number of rotatable bonds is 6. The normalized spacial score (nSPS) is 11.6. The Morgan fingerprint density at radius 3 is 2.48 bits per heavy atom. The van der Waals surface area contributed by atoms with Gasteiger partial charge in [-0.15, -0.1) is 0 Å². The Labute approximate surface area is 157 Å². The van der Waals surface area contributed by atoms with Gasteiger partial charge >= 0.3 is 0 Å². The molecule has 2 aromatic carbocycles. The molecule has 27 heavy (non-hydrogen) atoms. The summed E-state index contributed by atoms with van der Waals surface area (Å²) in [4.78, 5) is 25.2. The van der Waals surface area contributed by atoms with Gasteiger partial charge in [0.2, 0.25) is 5.91 Å². The highest BCUT2D eigenvalue weighted by atomic mass is 16.5. The molecule has 0 radical (unpaired) electrons. The predicted octanol–water partition coefficient (Wildman–Crippen LogP) is 3.51. The lowest BCUT2D eigenvalue weighted by Gasteiger charge is -2.18. The Hall–Kier alpha value is -3.41. The van der Waals surface area contributed by atoms with Gasteiger partial charge < -0.3 is 10.1 Å². The summed E-state index contributed by atoms with van der Waals surface area (Å²) in [6, 6.07) is 19.0. The van der Waals surface area contributed by atoms with E-state index in [0.29, 0.717) is 23.6 Å². The smallest absolute Gasteiger partial charge is 0.267 e. The fraction of sp³-hybridized carbons (Fsp3) is 0.190. The van der Waals surface area contributed by atoms with Crippen molar-refractivity contribution in [3.63, 3.8) is 0 Å². The van der Waals surface area contributed by atoms with Crippen molar-refractivity contribution < 1.29 is 9.53 Å². The number of methoxy groups -OCH3 is 1. The van der Waals surface area contributed by atoms with Crippen LogP contribution in [0.2, 0.25) is 0 Å². The number of benzene rings is 2. The first-order valence-electron chi connectivity index (χ1n) is 8.73. The Balaban J connectivity index is 1.93. The van der Waals surface area contributed by atoms with Crippen LogP contribution in [0.5, 0.6) is 5.75 Å². The summed E-state index contributed by atoms with van der Waals surface area (Å²) in [5, 5.41) is 7.26. The quantitative estimate of drug-likeness (QED) is 0.727. The molecule has 1 amide bonds. The number of nitrogens with zero attached hydrogens (tertiary/aromatic N) is 2. The van der Waals surface area contributed by atoms with Crippen LogP contribution in [0.25, 0.3) is 11.3 Å². The van der Waals surface area contributed by atoms with Crippen molar-refractivity contribution in [2.24, 2.45) is 0 Å². The van der Waals surface area contributed by atoms with Crippen LogP contribution in [0.4, 0.5) is 5.69 Å². The van der Waals surface area contributed by atoms with Crippen LogP contribution in [0.15, 0.2) is 71.5 Å². The van der Waals surface area contributed by atoms with E-state index in [9.17, 15) is 9.59 Å². The monoisotopic (exact) mass is 363 g/mol. The van der Waals surface area contributed by atoms with Crippen molar-refractivity contribution in [1.29, 1.82) is 0 Å². The number of amides is 1. The second-order valence-electron chi connectivity index (χ2n) is 5.98. The average molecular weight is 363 g/mol. The summed E-state index contributed by atoms with van der Waals surface area (Å²) in [6.07, 6.45) is 0.423. The number of anilines is 1. The summed E-state index contributed by atoms with van der Waals surface area (Å²) in [5.41, 5.74) is 1.75. The molecule has 3 aromatic rings. The number of hydrogen-bond acceptors (Lipinski definition) is 4. The summed E-state index contributed by atoms with van der Waals surface area (Å²) in [7, 11) is 1.54. The predicted molar refractivity (Wildman–Crippen MR) is 105 cm³/mol. The number of hydrogen-bond donors (Lipinski definition) is 1. The molecule has 1 aromatic heterocycles. The minimum atomic E-state index is -0.730. The molecule has 0 saturated heterocycles. The minimum Gasteiger partial charge on any atom is -0.495 e. The molecule has 0 unspecified atom stereocenters. The standard InChI is InChI=1S/C21H21N3O3/c1-3-18(21(26)22-17-11-7-8-12-19(17)27-2)24-20(25)14-13-16(23-24)15-9-5-4-6-10-15/h4-14,18H,3H2,1-2H3,(H,22,26)/t18-/m1/s1. The third kappa shape index (κ3) is 4.06. The zero-order valence-electron chi connectivity index (χ0n) is 15.3. The van der Waals surface area contributed by atoms with Gasteiger partial charge in [0.25, 0.3) is 5.56 Å². The molecule has 0 saturated carbocycles. The van der Waals surface area contributed by atoms with Gasteiger partial charge in [-0.3, -0.25) is 9.59 Å². The van der Waals surface area contributed by atoms with Crippen molar-refractivity contribution in [3.8, 4) is 17.0 Å². The van der Waals surface area contributed by atoms with E-state index in [2.05, 4.69) is 10.4 Å². The molecular formula is C21H21N3O3. The minimum absolute atomic E-state index is 0.318. The molecule has 0 aliphatic heterocycles. The summed E-state index contributed by atoms with van der Waals surface area (Å²) < 4.78 is 6.51. The maximum absolute atomic E-state index is 12.8. The van der Waals surface area contributed by atoms with E-state index in [1.54, 1.807) is 24.3 Å². The van der Waals surface area contributed by atoms with Crippen molar-refractivity contribution in [3.05, 3.63) is 77.1 Å². The Morgan fingerprint density at radius 2 is 1.78 bits per heavy atom. The molecule has 0 aliphatic carbocycles. The summed E-state index contributed by atoms with van der Waals surface area (Å²) >= 11 is 0. The van der Waals surface area contributed by atoms with Crippen molar-refractivity contribution in [2.75, 3.05) is 12.4 Å². The van der Waals surface area contributed by atoms with Crippen LogP contribution in [0.1, 0.15) is 19.4 Å². The van der Waals surface area contributed by atoms with Crippen LogP contribution >= 0.6 is 0 Å². The van der Waals surface area contributed by atoms with E-state index in [1.165, 1.54) is 17.9 Å². The first-order chi connectivity index (χ1) is 13.1. The van der Waals surface area contributed by atoms with E-state index >= 15 is 0 Å². The fourth-order valence-corrected chi connectivity index (χ4v) is 2.84.